The Morgan fingerprint density at radius 3 is 2.27 bits per heavy atom. The van der Waals surface area contributed by atoms with E-state index in [1.165, 1.54) is 13.8 Å². The lowest BCUT2D eigenvalue weighted by Crippen LogP contribution is -2.27. The second-order valence-electron chi connectivity index (χ2n) is 3.19. The number of rotatable bonds is 2. The molecule has 0 radical (unpaired) electrons. The zero-order chi connectivity index (χ0) is 9.07. The second-order valence-corrected chi connectivity index (χ2v) is 3.19. The van der Waals surface area contributed by atoms with E-state index in [2.05, 4.69) is 0 Å². The van der Waals surface area contributed by atoms with Gasteiger partial charge in [0, 0.05) is 0 Å². The average molecular weight is 155 g/mol. The van der Waals surface area contributed by atoms with Crippen molar-refractivity contribution < 1.29 is 9.53 Å². The van der Waals surface area contributed by atoms with Gasteiger partial charge in [-0.1, -0.05) is 0 Å². The fraction of sp³-hybridized carbons (Fsp3) is 0.750. The molecule has 0 rings (SSSR count). The highest BCUT2D eigenvalue weighted by molar-refractivity contribution is 5.79. The molecule has 0 fully saturated rings. The van der Waals surface area contributed by atoms with Gasteiger partial charge in [0.05, 0.1) is 12.2 Å². The van der Waals surface area contributed by atoms with Crippen LogP contribution in [0.15, 0.2) is 0 Å². The van der Waals surface area contributed by atoms with Gasteiger partial charge in [-0.25, -0.2) is 0 Å². The van der Waals surface area contributed by atoms with Crippen LogP contribution in [0.2, 0.25) is 0 Å². The zero-order valence-electron chi connectivity index (χ0n) is 7.34. The van der Waals surface area contributed by atoms with Crippen molar-refractivity contribution in [2.75, 3.05) is 0 Å². The predicted octanol–water partition coefficient (Wildman–Crippen LogP) is 1.49. The van der Waals surface area contributed by atoms with Gasteiger partial charge in [0.15, 0.2) is 0 Å². The third-order valence-electron chi connectivity index (χ3n) is 1.13. The molecule has 0 aliphatic rings. The van der Waals surface area contributed by atoms with Crippen molar-refractivity contribution in [3.05, 3.63) is 0 Å². The Labute approximate surface area is 67.0 Å². The Morgan fingerprint density at radius 2 is 2.00 bits per heavy atom. The lowest BCUT2D eigenvalue weighted by atomic mass is 9.96. The Hall–Kier alpha value is -1.04. The number of carbonyl (C=O) groups is 1. The molecule has 0 spiro atoms. The molecule has 0 aromatic heterocycles. The summed E-state index contributed by atoms with van der Waals surface area (Å²) in [4.78, 5) is 11.1. The molecule has 11 heavy (non-hydrogen) atoms. The number of carbonyl (C=O) groups excluding carboxylic acids is 1. The van der Waals surface area contributed by atoms with Gasteiger partial charge in [-0.15, -0.1) is 0 Å². The van der Waals surface area contributed by atoms with Crippen LogP contribution in [0.1, 0.15) is 27.7 Å². The highest BCUT2D eigenvalue weighted by Crippen LogP contribution is 2.15. The van der Waals surface area contributed by atoms with Gasteiger partial charge in [0.2, 0.25) is 0 Å². The van der Waals surface area contributed by atoms with Crippen molar-refractivity contribution in [1.82, 2.24) is 0 Å². The molecule has 0 aliphatic heterocycles. The Kier molecular flexibility index (Phi) is 3.06. The monoisotopic (exact) mass is 155 g/mol. The van der Waals surface area contributed by atoms with Crippen LogP contribution < -0.4 is 0 Å². The average Bonchev–Trinajstić information content (AvgIpc) is 1.86. The number of esters is 1. The summed E-state index contributed by atoms with van der Waals surface area (Å²) < 4.78 is 4.84. The normalized spacial score (nSPS) is 10.9. The first-order chi connectivity index (χ1) is 4.90. The van der Waals surface area contributed by atoms with Crippen LogP contribution >= 0.6 is 0 Å². The van der Waals surface area contributed by atoms with Gasteiger partial charge in [0.25, 0.3) is 0 Å². The maximum Gasteiger partial charge on any atom is 0.326 e. The first-order valence-corrected chi connectivity index (χ1v) is 3.52. The molecule has 0 heterocycles. The van der Waals surface area contributed by atoms with Crippen molar-refractivity contribution in [3.63, 3.8) is 0 Å². The van der Waals surface area contributed by atoms with Gasteiger partial charge < -0.3 is 4.74 Å². The van der Waals surface area contributed by atoms with Gasteiger partial charge >= 0.3 is 5.97 Å². The maximum atomic E-state index is 11.1. The SMILES string of the molecule is CC(C)OC(=O)C(C)(C)C#N. The highest BCUT2D eigenvalue weighted by atomic mass is 16.5. The van der Waals surface area contributed by atoms with Crippen molar-refractivity contribution in [2.24, 2.45) is 5.41 Å². The van der Waals surface area contributed by atoms with Crippen LogP contribution in [-0.2, 0) is 9.53 Å². The number of nitriles is 1. The fourth-order valence-electron chi connectivity index (χ4n) is 0.407. The molecular weight excluding hydrogens is 142 g/mol. The third kappa shape index (κ3) is 3.03. The lowest BCUT2D eigenvalue weighted by Gasteiger charge is -2.15. The topological polar surface area (TPSA) is 50.1 Å². The van der Waals surface area contributed by atoms with Crippen molar-refractivity contribution >= 4 is 5.97 Å². The van der Waals surface area contributed by atoms with Gasteiger partial charge in [0.1, 0.15) is 5.41 Å². The summed E-state index contributed by atoms with van der Waals surface area (Å²) in [6.07, 6.45) is -0.157. The summed E-state index contributed by atoms with van der Waals surface area (Å²) in [6.45, 7) is 6.59. The highest BCUT2D eigenvalue weighted by Gasteiger charge is 2.29. The second kappa shape index (κ2) is 3.38. The minimum absolute atomic E-state index is 0.157. The van der Waals surface area contributed by atoms with E-state index in [4.69, 9.17) is 10.00 Å². The Bertz CT molecular complexity index is 189. The third-order valence-corrected chi connectivity index (χ3v) is 1.13. The van der Waals surface area contributed by atoms with Crippen LogP contribution in [0.25, 0.3) is 0 Å². The van der Waals surface area contributed by atoms with E-state index in [1.807, 2.05) is 6.07 Å². The fourth-order valence-corrected chi connectivity index (χ4v) is 0.407. The van der Waals surface area contributed by atoms with Crippen molar-refractivity contribution in [3.8, 4) is 6.07 Å². The van der Waals surface area contributed by atoms with E-state index in [0.717, 1.165) is 0 Å². The summed E-state index contributed by atoms with van der Waals surface area (Å²) in [5.41, 5.74) is -1.02. The maximum absolute atomic E-state index is 11.1. The number of nitrogens with zero attached hydrogens (tertiary/aromatic N) is 1. The summed E-state index contributed by atoms with van der Waals surface area (Å²) >= 11 is 0. The molecule has 0 aromatic rings. The molecular formula is C8H13NO2. The molecule has 0 saturated heterocycles. The molecule has 0 aromatic carbocycles. The van der Waals surface area contributed by atoms with Crippen LogP contribution in [0.4, 0.5) is 0 Å². The minimum Gasteiger partial charge on any atom is -0.462 e. The molecule has 0 N–H and O–H groups in total. The smallest absolute Gasteiger partial charge is 0.326 e. The first-order valence-electron chi connectivity index (χ1n) is 3.52. The van der Waals surface area contributed by atoms with E-state index < -0.39 is 11.4 Å². The van der Waals surface area contributed by atoms with Crippen LogP contribution in [0.5, 0.6) is 0 Å². The molecule has 0 aliphatic carbocycles. The summed E-state index contributed by atoms with van der Waals surface area (Å²) in [5, 5.41) is 8.53. The van der Waals surface area contributed by atoms with Crippen LogP contribution in [-0.4, -0.2) is 12.1 Å². The van der Waals surface area contributed by atoms with E-state index in [1.54, 1.807) is 13.8 Å². The summed E-state index contributed by atoms with van der Waals surface area (Å²) in [5.74, 6) is -0.463. The molecule has 0 atom stereocenters. The Morgan fingerprint density at radius 1 is 1.55 bits per heavy atom. The largest absolute Gasteiger partial charge is 0.462 e. The standard InChI is InChI=1S/C8H13NO2/c1-6(2)11-7(10)8(3,4)5-9/h6H,1-4H3. The Balaban J connectivity index is 4.17. The van der Waals surface area contributed by atoms with E-state index in [9.17, 15) is 4.79 Å². The number of hydrogen-bond donors (Lipinski definition) is 0. The minimum atomic E-state index is -1.02. The first kappa shape index (κ1) is 9.96. The molecule has 3 heteroatoms. The molecule has 62 valence electrons. The van der Waals surface area contributed by atoms with E-state index in [0.29, 0.717) is 0 Å². The predicted molar refractivity (Wildman–Crippen MR) is 40.6 cm³/mol. The quantitative estimate of drug-likeness (QED) is 0.567. The molecule has 0 amide bonds. The van der Waals surface area contributed by atoms with Crippen LogP contribution in [0.3, 0.4) is 0 Å². The summed E-state index contributed by atoms with van der Waals surface area (Å²) in [7, 11) is 0. The van der Waals surface area contributed by atoms with Crippen LogP contribution in [0, 0.1) is 16.7 Å². The molecule has 0 saturated carbocycles. The zero-order valence-corrected chi connectivity index (χ0v) is 7.34. The number of ether oxygens (including phenoxy) is 1. The van der Waals surface area contributed by atoms with E-state index >= 15 is 0 Å². The summed E-state index contributed by atoms with van der Waals surface area (Å²) in [6, 6.07) is 1.87. The molecule has 0 bridgehead atoms. The molecule has 3 nitrogen and oxygen atoms in total. The lowest BCUT2D eigenvalue weighted by molar-refractivity contribution is -0.154. The van der Waals surface area contributed by atoms with Gasteiger partial charge in [-0.3, -0.25) is 4.79 Å². The van der Waals surface area contributed by atoms with Gasteiger partial charge in [-0.2, -0.15) is 5.26 Å². The van der Waals surface area contributed by atoms with Gasteiger partial charge in [-0.05, 0) is 27.7 Å². The van der Waals surface area contributed by atoms with E-state index in [-0.39, 0.29) is 6.10 Å². The molecule has 0 unspecified atom stereocenters. The number of hydrogen-bond acceptors (Lipinski definition) is 3. The van der Waals surface area contributed by atoms with Crippen molar-refractivity contribution in [2.45, 2.75) is 33.8 Å². The van der Waals surface area contributed by atoms with Crippen molar-refractivity contribution in [1.29, 1.82) is 5.26 Å².